The molecule has 1 unspecified atom stereocenters. The van der Waals surface area contributed by atoms with Crippen LogP contribution in [-0.2, 0) is 24.2 Å². The average molecular weight is 285 g/mol. The largest absolute Gasteiger partial charge is 0.380 e. The van der Waals surface area contributed by atoms with Crippen LogP contribution in [0.4, 0.5) is 0 Å². The first kappa shape index (κ1) is 13.8. The van der Waals surface area contributed by atoms with Crippen molar-refractivity contribution in [2.75, 3.05) is 0 Å². The molecule has 1 aliphatic rings. The van der Waals surface area contributed by atoms with Crippen molar-refractivity contribution < 1.29 is 9.90 Å². The highest BCUT2D eigenvalue weighted by Gasteiger charge is 2.38. The number of aryl methyl sites for hydroxylation is 2. The Balaban J connectivity index is 1.69. The van der Waals surface area contributed by atoms with Gasteiger partial charge in [-0.1, -0.05) is 24.3 Å². The van der Waals surface area contributed by atoms with E-state index < -0.39 is 5.60 Å². The molecule has 110 valence electrons. The lowest BCUT2D eigenvalue weighted by molar-refractivity contribution is -0.141. The van der Waals surface area contributed by atoms with Gasteiger partial charge in [0.1, 0.15) is 5.60 Å². The number of nitrogens with one attached hydrogen (secondary N) is 2. The number of carbonyl (C=O) groups is 1. The molecule has 21 heavy (non-hydrogen) atoms. The molecule has 1 heterocycles. The fourth-order valence-electron chi connectivity index (χ4n) is 2.81. The van der Waals surface area contributed by atoms with Crippen LogP contribution < -0.4 is 5.32 Å². The van der Waals surface area contributed by atoms with Crippen LogP contribution in [0.25, 0.3) is 0 Å². The summed E-state index contributed by atoms with van der Waals surface area (Å²) < 4.78 is 0. The van der Waals surface area contributed by atoms with Crippen molar-refractivity contribution in [3.8, 4) is 0 Å². The van der Waals surface area contributed by atoms with E-state index in [0.717, 1.165) is 23.2 Å². The first-order valence-corrected chi connectivity index (χ1v) is 7.15. The highest BCUT2D eigenvalue weighted by atomic mass is 16.3. The molecule has 0 fully saturated rings. The third-order valence-corrected chi connectivity index (χ3v) is 4.21. The maximum absolute atomic E-state index is 12.3. The summed E-state index contributed by atoms with van der Waals surface area (Å²) >= 11 is 0. The van der Waals surface area contributed by atoms with Gasteiger partial charge in [-0.25, -0.2) is 0 Å². The predicted molar refractivity (Wildman–Crippen MR) is 78.6 cm³/mol. The van der Waals surface area contributed by atoms with Gasteiger partial charge in [0.15, 0.2) is 0 Å². The topological polar surface area (TPSA) is 78.0 Å². The van der Waals surface area contributed by atoms with Gasteiger partial charge in [-0.05, 0) is 30.9 Å². The van der Waals surface area contributed by atoms with Crippen LogP contribution in [0.3, 0.4) is 0 Å². The van der Waals surface area contributed by atoms with Crippen molar-refractivity contribution >= 4 is 5.91 Å². The molecule has 0 radical (unpaired) electrons. The molecule has 1 aromatic carbocycles. The van der Waals surface area contributed by atoms with Crippen molar-refractivity contribution in [1.82, 2.24) is 15.5 Å². The summed E-state index contributed by atoms with van der Waals surface area (Å²) in [4.78, 5) is 12.3. The summed E-state index contributed by atoms with van der Waals surface area (Å²) in [6.45, 7) is 2.28. The lowest BCUT2D eigenvalue weighted by atomic mass is 9.80. The Bertz CT molecular complexity index is 665. The van der Waals surface area contributed by atoms with E-state index in [-0.39, 0.29) is 5.91 Å². The zero-order valence-corrected chi connectivity index (χ0v) is 12.0. The number of amides is 1. The summed E-state index contributed by atoms with van der Waals surface area (Å²) in [5.74, 6) is -0.308. The van der Waals surface area contributed by atoms with Gasteiger partial charge in [-0.2, -0.15) is 5.10 Å². The minimum absolute atomic E-state index is 0.308. The second-order valence-electron chi connectivity index (χ2n) is 5.68. The van der Waals surface area contributed by atoms with Gasteiger partial charge in [0.25, 0.3) is 5.91 Å². The molecule has 0 saturated heterocycles. The molecule has 0 bridgehead atoms. The van der Waals surface area contributed by atoms with Crippen molar-refractivity contribution in [2.24, 2.45) is 0 Å². The van der Waals surface area contributed by atoms with E-state index in [0.29, 0.717) is 19.4 Å². The van der Waals surface area contributed by atoms with Gasteiger partial charge in [0.2, 0.25) is 0 Å². The lowest BCUT2D eigenvalue weighted by Gasteiger charge is -2.32. The van der Waals surface area contributed by atoms with E-state index in [9.17, 15) is 9.90 Å². The molecule has 1 aliphatic carbocycles. The number of rotatable bonds is 3. The fraction of sp³-hybridized carbons (Fsp3) is 0.375. The number of carbonyl (C=O) groups excluding carboxylic acids is 1. The van der Waals surface area contributed by atoms with Crippen LogP contribution in [0.5, 0.6) is 0 Å². The molecule has 1 aromatic heterocycles. The monoisotopic (exact) mass is 285 g/mol. The number of aliphatic hydroxyl groups is 1. The highest BCUT2D eigenvalue weighted by molar-refractivity contribution is 5.85. The first-order valence-electron chi connectivity index (χ1n) is 7.15. The number of hydrogen-bond donors (Lipinski definition) is 3. The van der Waals surface area contributed by atoms with E-state index in [1.807, 2.05) is 25.1 Å². The predicted octanol–water partition coefficient (Wildman–Crippen LogP) is 1.25. The van der Waals surface area contributed by atoms with E-state index in [2.05, 4.69) is 21.6 Å². The first-order chi connectivity index (χ1) is 10.1. The molecule has 5 nitrogen and oxygen atoms in total. The maximum atomic E-state index is 12.3. The SMILES string of the molecule is Cc1[nH]ncc1CNC(=O)C1(O)CCc2ccccc2C1. The summed E-state index contributed by atoms with van der Waals surface area (Å²) in [5.41, 5.74) is 2.83. The Morgan fingerprint density at radius 1 is 1.43 bits per heavy atom. The standard InChI is InChI=1S/C16H19N3O2/c1-11-14(10-18-19-11)9-17-15(20)16(21)7-6-12-4-2-3-5-13(12)8-16/h2-5,10,21H,6-9H2,1H3,(H,17,20)(H,18,19). The second kappa shape index (κ2) is 5.33. The summed E-state index contributed by atoms with van der Waals surface area (Å²) in [7, 11) is 0. The normalized spacial score (nSPS) is 20.9. The van der Waals surface area contributed by atoms with E-state index in [4.69, 9.17) is 0 Å². The molecule has 3 rings (SSSR count). The highest BCUT2D eigenvalue weighted by Crippen LogP contribution is 2.28. The van der Waals surface area contributed by atoms with Crippen molar-refractivity contribution in [3.05, 3.63) is 52.8 Å². The van der Waals surface area contributed by atoms with Crippen LogP contribution in [0.1, 0.15) is 28.8 Å². The summed E-state index contributed by atoms with van der Waals surface area (Å²) in [6.07, 6.45) is 3.25. The molecule has 0 saturated carbocycles. The Morgan fingerprint density at radius 2 is 2.19 bits per heavy atom. The molecule has 0 aliphatic heterocycles. The molecular weight excluding hydrogens is 266 g/mol. The third-order valence-electron chi connectivity index (χ3n) is 4.21. The third kappa shape index (κ3) is 2.69. The Hall–Kier alpha value is -2.14. The van der Waals surface area contributed by atoms with Crippen LogP contribution >= 0.6 is 0 Å². The van der Waals surface area contributed by atoms with Gasteiger partial charge >= 0.3 is 0 Å². The zero-order chi connectivity index (χ0) is 14.9. The molecule has 1 atom stereocenters. The van der Waals surface area contributed by atoms with Gasteiger partial charge < -0.3 is 10.4 Å². The van der Waals surface area contributed by atoms with Crippen molar-refractivity contribution in [3.63, 3.8) is 0 Å². The van der Waals surface area contributed by atoms with E-state index in [1.165, 1.54) is 5.56 Å². The molecule has 0 spiro atoms. The van der Waals surface area contributed by atoms with Crippen LogP contribution in [0.2, 0.25) is 0 Å². The maximum Gasteiger partial charge on any atom is 0.252 e. The number of nitrogens with zero attached hydrogens (tertiary/aromatic N) is 1. The molecule has 1 amide bonds. The van der Waals surface area contributed by atoms with E-state index in [1.54, 1.807) is 6.20 Å². The van der Waals surface area contributed by atoms with Gasteiger partial charge in [0.05, 0.1) is 6.20 Å². The number of aromatic nitrogens is 2. The lowest BCUT2D eigenvalue weighted by Crippen LogP contribution is -2.50. The quantitative estimate of drug-likeness (QED) is 0.794. The van der Waals surface area contributed by atoms with Gasteiger partial charge in [0, 0.05) is 24.2 Å². The minimum Gasteiger partial charge on any atom is -0.380 e. The Morgan fingerprint density at radius 3 is 2.90 bits per heavy atom. The smallest absolute Gasteiger partial charge is 0.252 e. The van der Waals surface area contributed by atoms with E-state index >= 15 is 0 Å². The van der Waals surface area contributed by atoms with Crippen LogP contribution in [-0.4, -0.2) is 26.8 Å². The van der Waals surface area contributed by atoms with Gasteiger partial charge in [-0.15, -0.1) is 0 Å². The number of hydrogen-bond acceptors (Lipinski definition) is 3. The average Bonchev–Trinajstić information content (AvgIpc) is 2.90. The fourth-order valence-corrected chi connectivity index (χ4v) is 2.81. The second-order valence-corrected chi connectivity index (χ2v) is 5.68. The van der Waals surface area contributed by atoms with Crippen molar-refractivity contribution in [2.45, 2.75) is 38.3 Å². The van der Waals surface area contributed by atoms with Crippen LogP contribution in [0, 0.1) is 6.92 Å². The van der Waals surface area contributed by atoms with Crippen molar-refractivity contribution in [1.29, 1.82) is 0 Å². The zero-order valence-electron chi connectivity index (χ0n) is 12.0. The van der Waals surface area contributed by atoms with Gasteiger partial charge in [-0.3, -0.25) is 9.89 Å². The summed E-state index contributed by atoms with van der Waals surface area (Å²) in [6, 6.07) is 7.97. The minimum atomic E-state index is -1.31. The molecular formula is C16H19N3O2. The van der Waals surface area contributed by atoms with Crippen LogP contribution in [0.15, 0.2) is 30.5 Å². The molecule has 3 N–H and O–H groups in total. The number of fused-ring (bicyclic) bond motifs is 1. The number of aromatic amines is 1. The number of H-pyrrole nitrogens is 1. The molecule has 5 heteroatoms. The number of benzene rings is 1. The molecule has 2 aromatic rings. The Labute approximate surface area is 123 Å². The summed E-state index contributed by atoms with van der Waals surface area (Å²) in [5, 5.41) is 20.2. The Kier molecular flexibility index (Phi) is 3.51.